The lowest BCUT2D eigenvalue weighted by molar-refractivity contribution is -0.115. The van der Waals surface area contributed by atoms with E-state index in [0.29, 0.717) is 39.9 Å². The minimum Gasteiger partial charge on any atom is -0.493 e. The van der Waals surface area contributed by atoms with Crippen LogP contribution >= 0.6 is 0 Å². The molecule has 9 nitrogen and oxygen atoms in total. The maximum atomic E-state index is 12.2. The third-order valence-electron chi connectivity index (χ3n) is 4.79. The van der Waals surface area contributed by atoms with Crippen molar-refractivity contribution in [3.8, 4) is 23.1 Å². The van der Waals surface area contributed by atoms with Gasteiger partial charge in [-0.1, -0.05) is 24.2 Å². The molecule has 0 atom stereocenters. The fourth-order valence-electron chi connectivity index (χ4n) is 3.13. The molecule has 164 valence electrons. The molecular weight excluding hydrogens is 412 g/mol. The van der Waals surface area contributed by atoms with Crippen LogP contribution in [0.3, 0.4) is 0 Å². The number of hydrogen-bond acceptors (Lipinski definition) is 8. The second kappa shape index (κ2) is 9.34. The highest BCUT2D eigenvalue weighted by atomic mass is 16.5. The molecule has 4 aromatic rings. The fourth-order valence-corrected chi connectivity index (χ4v) is 3.13. The Morgan fingerprint density at radius 1 is 1.03 bits per heavy atom. The van der Waals surface area contributed by atoms with Gasteiger partial charge in [0.05, 0.1) is 37.2 Å². The second-order valence-electron chi connectivity index (χ2n) is 6.91. The third-order valence-corrected chi connectivity index (χ3v) is 4.79. The maximum absolute atomic E-state index is 12.2. The van der Waals surface area contributed by atoms with Crippen LogP contribution in [0, 0.1) is 0 Å². The SMILES string of the molecule is CCc1cc(NC(=O)Cc2ccc(Oc3ncnc4cc(OC)c(OC)cc34)cc2)on1. The molecule has 0 unspecified atom stereocenters. The molecule has 0 spiro atoms. The van der Waals surface area contributed by atoms with Gasteiger partial charge in [0.15, 0.2) is 11.5 Å². The van der Waals surface area contributed by atoms with Crippen molar-refractivity contribution in [3.63, 3.8) is 0 Å². The Morgan fingerprint density at radius 3 is 2.47 bits per heavy atom. The number of methoxy groups -OCH3 is 2. The van der Waals surface area contributed by atoms with E-state index >= 15 is 0 Å². The summed E-state index contributed by atoms with van der Waals surface area (Å²) < 4.78 is 21.7. The smallest absolute Gasteiger partial charge is 0.231 e. The van der Waals surface area contributed by atoms with Crippen molar-refractivity contribution in [2.75, 3.05) is 19.5 Å². The van der Waals surface area contributed by atoms with E-state index in [-0.39, 0.29) is 12.3 Å². The molecule has 2 heterocycles. The van der Waals surface area contributed by atoms with Gasteiger partial charge in [-0.3, -0.25) is 10.1 Å². The normalized spacial score (nSPS) is 10.7. The summed E-state index contributed by atoms with van der Waals surface area (Å²) in [6.07, 6.45) is 2.36. The Bertz CT molecular complexity index is 1240. The standard InChI is InChI=1S/C23H22N4O5/c1-4-15-10-22(32-27-15)26-21(28)9-14-5-7-16(8-6-14)31-23-17-11-19(29-2)20(30-3)12-18(17)24-13-25-23/h5-8,10-13H,4,9H2,1-3H3,(H,26,28). The molecule has 0 aliphatic carbocycles. The minimum atomic E-state index is -0.194. The van der Waals surface area contributed by atoms with E-state index in [4.69, 9.17) is 18.7 Å². The van der Waals surface area contributed by atoms with Crippen molar-refractivity contribution in [1.29, 1.82) is 0 Å². The number of carbonyl (C=O) groups is 1. The van der Waals surface area contributed by atoms with Crippen LogP contribution in [-0.4, -0.2) is 35.3 Å². The zero-order chi connectivity index (χ0) is 22.5. The van der Waals surface area contributed by atoms with E-state index < -0.39 is 0 Å². The number of fused-ring (bicyclic) bond motifs is 1. The highest BCUT2D eigenvalue weighted by Crippen LogP contribution is 2.35. The molecule has 0 radical (unpaired) electrons. The van der Waals surface area contributed by atoms with Gasteiger partial charge in [-0.25, -0.2) is 9.97 Å². The van der Waals surface area contributed by atoms with Gasteiger partial charge in [0.25, 0.3) is 0 Å². The predicted octanol–water partition coefficient (Wildman–Crippen LogP) is 4.17. The largest absolute Gasteiger partial charge is 0.493 e. The highest BCUT2D eigenvalue weighted by Gasteiger charge is 2.13. The lowest BCUT2D eigenvalue weighted by Crippen LogP contribution is -2.13. The lowest BCUT2D eigenvalue weighted by Gasteiger charge is -2.11. The molecule has 0 bridgehead atoms. The van der Waals surface area contributed by atoms with Crippen LogP contribution in [0.4, 0.5) is 5.88 Å². The Labute approximate surface area is 184 Å². The molecule has 9 heteroatoms. The minimum absolute atomic E-state index is 0.190. The number of amides is 1. The number of nitrogens with zero attached hydrogens (tertiary/aromatic N) is 3. The van der Waals surface area contributed by atoms with Crippen LogP contribution < -0.4 is 19.5 Å². The van der Waals surface area contributed by atoms with Gasteiger partial charge < -0.3 is 18.7 Å². The number of carbonyl (C=O) groups excluding carboxylic acids is 1. The molecule has 32 heavy (non-hydrogen) atoms. The van der Waals surface area contributed by atoms with E-state index in [0.717, 1.165) is 17.7 Å². The summed E-state index contributed by atoms with van der Waals surface area (Å²) in [6.45, 7) is 1.96. The monoisotopic (exact) mass is 434 g/mol. The molecule has 1 amide bonds. The number of anilines is 1. The topological polar surface area (TPSA) is 109 Å². The molecule has 2 aromatic carbocycles. The number of benzene rings is 2. The van der Waals surface area contributed by atoms with Gasteiger partial charge >= 0.3 is 0 Å². The van der Waals surface area contributed by atoms with Crippen molar-refractivity contribution in [2.45, 2.75) is 19.8 Å². The van der Waals surface area contributed by atoms with Crippen molar-refractivity contribution < 1.29 is 23.5 Å². The molecular formula is C23H22N4O5. The first-order chi connectivity index (χ1) is 15.6. The zero-order valence-corrected chi connectivity index (χ0v) is 17.9. The zero-order valence-electron chi connectivity index (χ0n) is 17.9. The summed E-state index contributed by atoms with van der Waals surface area (Å²) in [4.78, 5) is 20.8. The highest BCUT2D eigenvalue weighted by molar-refractivity contribution is 5.91. The Morgan fingerprint density at radius 2 is 1.78 bits per heavy atom. The molecule has 0 saturated heterocycles. The van der Waals surface area contributed by atoms with Crippen LogP contribution in [0.2, 0.25) is 0 Å². The Kier molecular flexibility index (Phi) is 6.16. The average molecular weight is 434 g/mol. The number of ether oxygens (including phenoxy) is 3. The predicted molar refractivity (Wildman–Crippen MR) is 117 cm³/mol. The fraction of sp³-hybridized carbons (Fsp3) is 0.217. The Balaban J connectivity index is 1.46. The van der Waals surface area contributed by atoms with Gasteiger partial charge in [-0.05, 0) is 30.2 Å². The summed E-state index contributed by atoms with van der Waals surface area (Å²) in [7, 11) is 3.13. The number of nitrogens with one attached hydrogen (secondary N) is 1. The van der Waals surface area contributed by atoms with Gasteiger partial charge in [0, 0.05) is 12.1 Å². The average Bonchev–Trinajstić information content (AvgIpc) is 3.27. The van der Waals surface area contributed by atoms with Gasteiger partial charge in [-0.2, -0.15) is 0 Å². The van der Waals surface area contributed by atoms with Crippen molar-refractivity contribution >= 4 is 22.7 Å². The molecule has 0 aliphatic heterocycles. The van der Waals surface area contributed by atoms with Crippen molar-refractivity contribution in [1.82, 2.24) is 15.1 Å². The Hall–Kier alpha value is -4.14. The number of aromatic nitrogens is 3. The first kappa shape index (κ1) is 21.1. The second-order valence-corrected chi connectivity index (χ2v) is 6.91. The van der Waals surface area contributed by atoms with Crippen molar-refractivity contribution in [2.24, 2.45) is 0 Å². The van der Waals surface area contributed by atoms with E-state index in [1.54, 1.807) is 44.6 Å². The van der Waals surface area contributed by atoms with E-state index in [2.05, 4.69) is 20.4 Å². The van der Waals surface area contributed by atoms with Gasteiger partial charge in [-0.15, -0.1) is 0 Å². The molecule has 4 rings (SSSR count). The van der Waals surface area contributed by atoms with Crippen LogP contribution in [0.25, 0.3) is 10.9 Å². The van der Waals surface area contributed by atoms with Crippen LogP contribution in [-0.2, 0) is 17.6 Å². The summed E-state index contributed by atoms with van der Waals surface area (Å²) in [5, 5.41) is 7.25. The summed E-state index contributed by atoms with van der Waals surface area (Å²) in [5.74, 6) is 2.24. The molecule has 2 aromatic heterocycles. The lowest BCUT2D eigenvalue weighted by atomic mass is 10.1. The molecule has 0 saturated carbocycles. The number of rotatable bonds is 8. The van der Waals surface area contributed by atoms with Gasteiger partial charge in [0.2, 0.25) is 17.7 Å². The van der Waals surface area contributed by atoms with Crippen LogP contribution in [0.5, 0.6) is 23.1 Å². The molecule has 1 N–H and O–H groups in total. The van der Waals surface area contributed by atoms with Crippen LogP contribution in [0.15, 0.2) is 53.3 Å². The summed E-state index contributed by atoms with van der Waals surface area (Å²) >= 11 is 0. The van der Waals surface area contributed by atoms with Crippen molar-refractivity contribution in [3.05, 3.63) is 60.0 Å². The third kappa shape index (κ3) is 4.61. The first-order valence-electron chi connectivity index (χ1n) is 9.98. The quantitative estimate of drug-likeness (QED) is 0.440. The molecule has 0 aliphatic rings. The van der Waals surface area contributed by atoms with Gasteiger partial charge in [0.1, 0.15) is 12.1 Å². The van der Waals surface area contributed by atoms with E-state index in [1.807, 2.05) is 19.1 Å². The van der Waals surface area contributed by atoms with Crippen LogP contribution in [0.1, 0.15) is 18.2 Å². The maximum Gasteiger partial charge on any atom is 0.231 e. The summed E-state index contributed by atoms with van der Waals surface area (Å²) in [5.41, 5.74) is 2.28. The summed E-state index contributed by atoms with van der Waals surface area (Å²) in [6, 6.07) is 12.4. The first-order valence-corrected chi connectivity index (χ1v) is 9.98. The molecule has 0 fully saturated rings. The number of hydrogen-bond donors (Lipinski definition) is 1. The number of aryl methyl sites for hydroxylation is 1. The van der Waals surface area contributed by atoms with E-state index in [1.165, 1.54) is 6.33 Å². The van der Waals surface area contributed by atoms with E-state index in [9.17, 15) is 4.79 Å².